The summed E-state index contributed by atoms with van der Waals surface area (Å²) in [6, 6.07) is 23.9. The number of carbonyl (C=O) groups is 2. The molecule has 1 aromatic heterocycles. The van der Waals surface area contributed by atoms with Gasteiger partial charge in [-0.1, -0.05) is 78.4 Å². The van der Waals surface area contributed by atoms with Crippen LogP contribution in [0.1, 0.15) is 41.9 Å². The van der Waals surface area contributed by atoms with Crippen molar-refractivity contribution in [1.29, 1.82) is 0 Å². The molecule has 1 saturated carbocycles. The summed E-state index contributed by atoms with van der Waals surface area (Å²) in [5, 5.41) is 7.19. The average Bonchev–Trinajstić information content (AvgIpc) is 3.75. The predicted molar refractivity (Wildman–Crippen MR) is 178 cm³/mol. The Morgan fingerprint density at radius 3 is 2.42 bits per heavy atom. The highest BCUT2D eigenvalue weighted by Crippen LogP contribution is 2.44. The van der Waals surface area contributed by atoms with Crippen molar-refractivity contribution in [2.45, 2.75) is 37.6 Å². The summed E-state index contributed by atoms with van der Waals surface area (Å²) in [5.41, 5.74) is 7.79. The Morgan fingerprint density at radius 1 is 1.00 bits per heavy atom. The molecule has 0 spiro atoms. The van der Waals surface area contributed by atoms with Crippen LogP contribution in [0, 0.1) is 5.92 Å². The van der Waals surface area contributed by atoms with E-state index in [1.54, 1.807) is 13.3 Å². The second-order valence-corrected chi connectivity index (χ2v) is 15.0. The summed E-state index contributed by atoms with van der Waals surface area (Å²) in [4.78, 5) is 29.7. The molecule has 8 nitrogen and oxygen atoms in total. The predicted octanol–water partition coefficient (Wildman–Crippen LogP) is 7.01. The number of amides is 2. The molecule has 0 unspecified atom stereocenters. The summed E-state index contributed by atoms with van der Waals surface area (Å²) in [5.74, 6) is -0.360. The smallest absolute Gasteiger partial charge is 0.407 e. The Balaban J connectivity index is 1.09. The molecule has 0 bridgehead atoms. The fourth-order valence-electron chi connectivity index (χ4n) is 6.59. The van der Waals surface area contributed by atoms with E-state index in [9.17, 15) is 14.2 Å². The summed E-state index contributed by atoms with van der Waals surface area (Å²) >= 11 is 0. The van der Waals surface area contributed by atoms with Crippen LogP contribution in [0.25, 0.3) is 22.0 Å². The van der Waals surface area contributed by atoms with Crippen LogP contribution in [-0.2, 0) is 25.0 Å². The zero-order chi connectivity index (χ0) is 31.4. The van der Waals surface area contributed by atoms with E-state index in [-0.39, 0.29) is 31.0 Å². The molecule has 0 saturated heterocycles. The number of ether oxygens (including phenoxy) is 1. The van der Waals surface area contributed by atoms with E-state index in [0.717, 1.165) is 59.0 Å². The van der Waals surface area contributed by atoms with Gasteiger partial charge in [-0.15, -0.1) is 0 Å². The molecule has 2 atom stereocenters. The van der Waals surface area contributed by atoms with Crippen LogP contribution in [0.2, 0.25) is 0 Å². The number of benzene rings is 3. The van der Waals surface area contributed by atoms with Crippen molar-refractivity contribution in [2.24, 2.45) is 5.92 Å². The maximum Gasteiger partial charge on any atom is 0.407 e. The molecule has 4 aromatic rings. The minimum atomic E-state index is -2.81. The summed E-state index contributed by atoms with van der Waals surface area (Å²) in [6.45, 7) is 3.83. The number of H-pyrrole nitrogens is 1. The van der Waals surface area contributed by atoms with Gasteiger partial charge in [0.2, 0.25) is 5.91 Å². The molecule has 234 valence electrons. The van der Waals surface area contributed by atoms with Gasteiger partial charge in [-0.25, -0.2) is 4.79 Å². The lowest BCUT2D eigenvalue weighted by Crippen LogP contribution is -2.38. The zero-order valence-electron chi connectivity index (χ0n) is 25.8. The molecular formula is C36H40N3O5P. The molecule has 1 heterocycles. The first kappa shape index (κ1) is 30.9. The second kappa shape index (κ2) is 13.5. The van der Waals surface area contributed by atoms with Gasteiger partial charge in [0.05, 0.1) is 18.6 Å². The van der Waals surface area contributed by atoms with Gasteiger partial charge in [-0.3, -0.25) is 9.36 Å². The van der Waals surface area contributed by atoms with Crippen LogP contribution in [0.3, 0.4) is 0 Å². The van der Waals surface area contributed by atoms with E-state index >= 15 is 0 Å². The molecule has 1 fully saturated rings. The minimum absolute atomic E-state index is 0.0175. The number of hydrogen-bond acceptors (Lipinski definition) is 5. The van der Waals surface area contributed by atoms with E-state index in [4.69, 9.17) is 9.26 Å². The minimum Gasteiger partial charge on any atom is -0.449 e. The Hall–Kier alpha value is -4.13. The molecule has 2 aliphatic carbocycles. The number of hydrogen-bond donors (Lipinski definition) is 3. The molecule has 0 radical (unpaired) electrons. The number of carbonyl (C=O) groups excluding carboxylic acids is 2. The van der Waals surface area contributed by atoms with Gasteiger partial charge < -0.3 is 24.9 Å². The Morgan fingerprint density at radius 2 is 1.69 bits per heavy atom. The summed E-state index contributed by atoms with van der Waals surface area (Å²) in [7, 11) is -2.81. The highest BCUT2D eigenvalue weighted by Gasteiger charge is 2.31. The van der Waals surface area contributed by atoms with Gasteiger partial charge in [0, 0.05) is 42.9 Å². The van der Waals surface area contributed by atoms with E-state index in [0.29, 0.717) is 6.54 Å². The summed E-state index contributed by atoms with van der Waals surface area (Å²) < 4.78 is 23.8. The molecule has 2 amide bonds. The van der Waals surface area contributed by atoms with Gasteiger partial charge in [-0.2, -0.15) is 0 Å². The first-order valence-electron chi connectivity index (χ1n) is 15.6. The van der Waals surface area contributed by atoms with Crippen LogP contribution in [0.15, 0.2) is 90.6 Å². The van der Waals surface area contributed by atoms with Crippen molar-refractivity contribution in [2.75, 3.05) is 33.1 Å². The lowest BCUT2D eigenvalue weighted by molar-refractivity contribution is -0.123. The Bertz CT molecular complexity index is 1730. The average molecular weight is 626 g/mol. The van der Waals surface area contributed by atoms with E-state index in [2.05, 4.69) is 45.9 Å². The molecule has 3 N–H and O–H groups in total. The highest BCUT2D eigenvalue weighted by molar-refractivity contribution is 7.57. The number of para-hydroxylation sites is 1. The molecule has 2 aliphatic rings. The van der Waals surface area contributed by atoms with Crippen molar-refractivity contribution < 1.29 is 23.4 Å². The van der Waals surface area contributed by atoms with Crippen molar-refractivity contribution >= 4 is 30.3 Å². The monoisotopic (exact) mass is 625 g/mol. The highest BCUT2D eigenvalue weighted by atomic mass is 31.2. The van der Waals surface area contributed by atoms with Gasteiger partial charge >= 0.3 is 6.09 Å². The topological polar surface area (TPSA) is 110 Å². The third-order valence-corrected chi connectivity index (χ3v) is 9.49. The third-order valence-electron chi connectivity index (χ3n) is 8.72. The zero-order valence-corrected chi connectivity index (χ0v) is 26.6. The lowest BCUT2D eigenvalue weighted by atomic mass is 9.98. The van der Waals surface area contributed by atoms with Crippen LogP contribution in [0.5, 0.6) is 0 Å². The normalized spacial score (nSPS) is 17.6. The first-order valence-corrected chi connectivity index (χ1v) is 18.1. The van der Waals surface area contributed by atoms with Crippen molar-refractivity contribution in [3.8, 4) is 11.1 Å². The van der Waals surface area contributed by atoms with E-state index in [1.807, 2.05) is 54.7 Å². The van der Waals surface area contributed by atoms with Crippen molar-refractivity contribution in [3.05, 3.63) is 107 Å². The van der Waals surface area contributed by atoms with Crippen molar-refractivity contribution in [3.63, 3.8) is 0 Å². The molecule has 6 rings (SSSR count). The number of rotatable bonds is 11. The van der Waals surface area contributed by atoms with Crippen LogP contribution in [-0.4, -0.2) is 56.1 Å². The third kappa shape index (κ3) is 7.24. The Kier molecular flexibility index (Phi) is 9.24. The number of fused-ring (bicyclic) bond motifs is 4. The van der Waals surface area contributed by atoms with Crippen molar-refractivity contribution in [1.82, 2.24) is 15.6 Å². The number of aromatic amines is 1. The number of aromatic nitrogens is 1. The molecule has 3 aromatic carbocycles. The fraction of sp³-hybridized carbons (Fsp3) is 0.333. The SMILES string of the molecule is CP(C)(=O)OC[C@@H](/C=C1/CCC[C@H]1C(=O)NCCc1c[nH]c2ccccc12)NC(=O)OCC1c2ccccc2-c2ccccc21. The Labute approximate surface area is 264 Å². The largest absolute Gasteiger partial charge is 0.449 e. The van der Waals surface area contributed by atoms with E-state index in [1.165, 1.54) is 10.9 Å². The maximum atomic E-state index is 13.3. The van der Waals surface area contributed by atoms with E-state index < -0.39 is 19.5 Å². The number of nitrogens with one attached hydrogen (secondary N) is 3. The quantitative estimate of drug-likeness (QED) is 0.123. The lowest BCUT2D eigenvalue weighted by Gasteiger charge is -2.21. The number of alkyl carbamates (subject to hydrolysis) is 1. The standard InChI is InChI=1S/C36H40N3O5P/c1-45(2,42)44-22-26(39-36(41)43-23-33-31-14-5-3-12-29(31)30-13-4-6-15-32(30)33)20-24-10-9-16-28(24)35(40)37-19-18-25-21-38-34-17-8-7-11-27(25)34/h3-8,11-15,17,20-21,26,28,33,38H,9-10,16,18-19,22-23H2,1-2H3,(H,37,40)(H,39,41)/b24-20-/t26-,28-/m1/s1. The van der Waals surface area contributed by atoms with Gasteiger partial charge in [0.25, 0.3) is 0 Å². The summed E-state index contributed by atoms with van der Waals surface area (Å²) in [6.07, 6.45) is 6.41. The van der Waals surface area contributed by atoms with Gasteiger partial charge in [0.15, 0.2) is 7.37 Å². The molecular weight excluding hydrogens is 585 g/mol. The first-order chi connectivity index (χ1) is 21.8. The maximum absolute atomic E-state index is 13.3. The molecule has 45 heavy (non-hydrogen) atoms. The van der Waals surface area contributed by atoms with Gasteiger partial charge in [-0.05, 0) is 59.6 Å². The van der Waals surface area contributed by atoms with Crippen LogP contribution < -0.4 is 10.6 Å². The van der Waals surface area contributed by atoms with Crippen LogP contribution >= 0.6 is 7.37 Å². The van der Waals surface area contributed by atoms with Gasteiger partial charge in [0.1, 0.15) is 6.61 Å². The molecule has 9 heteroatoms. The molecule has 0 aliphatic heterocycles. The van der Waals surface area contributed by atoms with Crippen LogP contribution in [0.4, 0.5) is 4.79 Å². The second-order valence-electron chi connectivity index (χ2n) is 12.2. The fourth-order valence-corrected chi connectivity index (χ4v) is 7.11.